The lowest BCUT2D eigenvalue weighted by molar-refractivity contribution is -0.114. The van der Waals surface area contributed by atoms with Crippen LogP contribution in [0.1, 0.15) is 42.3 Å². The molecule has 156 valence electrons. The number of rotatable bonds is 7. The van der Waals surface area contributed by atoms with Crippen LogP contribution >= 0.6 is 0 Å². The minimum atomic E-state index is -3.66. The number of nitrogens with one attached hydrogen (secondary N) is 2. The van der Waals surface area contributed by atoms with Gasteiger partial charge in [-0.3, -0.25) is 4.79 Å². The molecule has 1 atom stereocenters. The number of benzene rings is 1. The van der Waals surface area contributed by atoms with E-state index < -0.39 is 10.0 Å². The van der Waals surface area contributed by atoms with Gasteiger partial charge in [0, 0.05) is 20.1 Å². The molecule has 0 bridgehead atoms. The summed E-state index contributed by atoms with van der Waals surface area (Å²) in [6.07, 6.45) is 5.09. The molecular formula is C20H25N3O5S. The van der Waals surface area contributed by atoms with Crippen molar-refractivity contribution in [2.24, 2.45) is 0 Å². The van der Waals surface area contributed by atoms with Crippen LogP contribution in [-0.4, -0.2) is 38.7 Å². The standard InChI is InChI=1S/C20H25N3O5S/c1-13-6-7-16(8-9-18-20(22-15(3)24)14(2)23-28-18)11-19(13)29(25,26)21-12-17-5-4-10-27-17/h6-9,11,17,21H,4-5,10,12H2,1-3H3,(H,22,24)/b9-8-. The molecule has 1 aromatic carbocycles. The summed E-state index contributed by atoms with van der Waals surface area (Å²) in [6.45, 7) is 5.82. The van der Waals surface area contributed by atoms with Crippen LogP contribution in [0.25, 0.3) is 12.2 Å². The summed E-state index contributed by atoms with van der Waals surface area (Å²) in [6, 6.07) is 5.16. The second-order valence-corrected chi connectivity index (χ2v) is 8.77. The molecule has 3 rings (SSSR count). The quantitative estimate of drug-likeness (QED) is 0.714. The summed E-state index contributed by atoms with van der Waals surface area (Å²) < 4.78 is 38.9. The van der Waals surface area contributed by atoms with Gasteiger partial charge in [0.15, 0.2) is 5.76 Å². The fourth-order valence-electron chi connectivity index (χ4n) is 3.10. The summed E-state index contributed by atoms with van der Waals surface area (Å²) in [4.78, 5) is 11.6. The molecule has 1 aromatic heterocycles. The Kier molecular flexibility index (Phi) is 6.51. The maximum absolute atomic E-state index is 12.7. The van der Waals surface area contributed by atoms with Gasteiger partial charge < -0.3 is 14.6 Å². The number of hydrogen-bond donors (Lipinski definition) is 2. The molecule has 1 aliphatic heterocycles. The van der Waals surface area contributed by atoms with Gasteiger partial charge in [0.25, 0.3) is 0 Å². The molecule has 0 radical (unpaired) electrons. The van der Waals surface area contributed by atoms with E-state index in [0.29, 0.717) is 34.9 Å². The molecule has 2 aromatic rings. The van der Waals surface area contributed by atoms with Crippen LogP contribution in [0.2, 0.25) is 0 Å². The van der Waals surface area contributed by atoms with Gasteiger partial charge >= 0.3 is 0 Å². The molecule has 0 spiro atoms. The smallest absolute Gasteiger partial charge is 0.240 e. The molecule has 0 saturated carbocycles. The Bertz CT molecular complexity index is 1020. The summed E-state index contributed by atoms with van der Waals surface area (Å²) in [5.41, 5.74) is 2.38. The predicted octanol–water partition coefficient (Wildman–Crippen LogP) is 2.88. The molecule has 2 N–H and O–H groups in total. The highest BCUT2D eigenvalue weighted by Gasteiger charge is 2.21. The Balaban J connectivity index is 1.80. The fraction of sp³-hybridized carbons (Fsp3) is 0.400. The van der Waals surface area contributed by atoms with Gasteiger partial charge in [0.05, 0.1) is 11.0 Å². The first-order chi connectivity index (χ1) is 13.8. The molecule has 0 aliphatic carbocycles. The van der Waals surface area contributed by atoms with Crippen LogP contribution < -0.4 is 10.0 Å². The number of carbonyl (C=O) groups excluding carboxylic acids is 1. The minimum Gasteiger partial charge on any atom is -0.377 e. The number of amides is 1. The number of aryl methyl sites for hydroxylation is 2. The van der Waals surface area contributed by atoms with Gasteiger partial charge in [-0.05, 0) is 50.0 Å². The number of aromatic nitrogens is 1. The van der Waals surface area contributed by atoms with E-state index >= 15 is 0 Å². The topological polar surface area (TPSA) is 111 Å². The lowest BCUT2D eigenvalue weighted by Crippen LogP contribution is -2.32. The third-order valence-electron chi connectivity index (χ3n) is 4.64. The Hall–Kier alpha value is -2.49. The lowest BCUT2D eigenvalue weighted by Gasteiger charge is -2.13. The first-order valence-electron chi connectivity index (χ1n) is 9.40. The van der Waals surface area contributed by atoms with E-state index in [2.05, 4.69) is 15.2 Å². The van der Waals surface area contributed by atoms with Gasteiger partial charge in [0.2, 0.25) is 15.9 Å². The predicted molar refractivity (Wildman–Crippen MR) is 110 cm³/mol. The summed E-state index contributed by atoms with van der Waals surface area (Å²) in [5, 5.41) is 6.54. The molecule has 9 heteroatoms. The maximum Gasteiger partial charge on any atom is 0.240 e. The number of sulfonamides is 1. The lowest BCUT2D eigenvalue weighted by atomic mass is 10.1. The maximum atomic E-state index is 12.7. The van der Waals surface area contributed by atoms with E-state index in [4.69, 9.17) is 9.26 Å². The highest BCUT2D eigenvalue weighted by Crippen LogP contribution is 2.24. The normalized spacial score (nSPS) is 17.1. The van der Waals surface area contributed by atoms with Crippen molar-refractivity contribution in [3.8, 4) is 0 Å². The molecule has 1 unspecified atom stereocenters. The molecule has 8 nitrogen and oxygen atoms in total. The summed E-state index contributed by atoms with van der Waals surface area (Å²) in [7, 11) is -3.66. The van der Waals surface area contributed by atoms with Gasteiger partial charge in [-0.1, -0.05) is 23.4 Å². The van der Waals surface area contributed by atoms with Gasteiger partial charge in [-0.15, -0.1) is 0 Å². The van der Waals surface area contributed by atoms with Gasteiger partial charge in [0.1, 0.15) is 11.4 Å². The van der Waals surface area contributed by atoms with Gasteiger partial charge in [-0.2, -0.15) is 0 Å². The van der Waals surface area contributed by atoms with E-state index in [1.807, 2.05) is 6.07 Å². The third kappa shape index (κ3) is 5.31. The Labute approximate surface area is 170 Å². The van der Waals surface area contributed by atoms with Crippen molar-refractivity contribution >= 4 is 33.8 Å². The van der Waals surface area contributed by atoms with E-state index in [1.165, 1.54) is 6.92 Å². The van der Waals surface area contributed by atoms with Crippen molar-refractivity contribution in [2.45, 2.75) is 44.6 Å². The zero-order valence-electron chi connectivity index (χ0n) is 16.7. The average molecular weight is 420 g/mol. The Morgan fingerprint density at radius 3 is 2.79 bits per heavy atom. The summed E-state index contributed by atoms with van der Waals surface area (Å²) in [5.74, 6) is 0.158. The Morgan fingerprint density at radius 2 is 2.10 bits per heavy atom. The molecule has 1 aliphatic rings. The van der Waals surface area contributed by atoms with Crippen LogP contribution in [-0.2, 0) is 19.6 Å². The molecule has 2 heterocycles. The highest BCUT2D eigenvalue weighted by atomic mass is 32.2. The van der Waals surface area contributed by atoms with Crippen LogP contribution in [0, 0.1) is 13.8 Å². The van der Waals surface area contributed by atoms with Crippen molar-refractivity contribution in [1.82, 2.24) is 9.88 Å². The minimum absolute atomic E-state index is 0.0740. The number of nitrogens with zero attached hydrogens (tertiary/aromatic N) is 1. The van der Waals surface area contributed by atoms with Crippen LogP contribution in [0.4, 0.5) is 5.69 Å². The molecular weight excluding hydrogens is 394 g/mol. The number of ether oxygens (including phenoxy) is 1. The van der Waals surface area contributed by atoms with E-state index in [1.54, 1.807) is 38.1 Å². The average Bonchev–Trinajstić information content (AvgIpc) is 3.30. The number of carbonyl (C=O) groups is 1. The largest absolute Gasteiger partial charge is 0.377 e. The summed E-state index contributed by atoms with van der Waals surface area (Å²) >= 11 is 0. The van der Waals surface area contributed by atoms with Gasteiger partial charge in [-0.25, -0.2) is 13.1 Å². The second kappa shape index (κ2) is 8.89. The molecule has 1 fully saturated rings. The monoisotopic (exact) mass is 419 g/mol. The van der Waals surface area contributed by atoms with Crippen molar-refractivity contribution in [2.75, 3.05) is 18.5 Å². The van der Waals surface area contributed by atoms with Crippen molar-refractivity contribution < 1.29 is 22.5 Å². The van der Waals surface area contributed by atoms with Crippen LogP contribution in [0.5, 0.6) is 0 Å². The zero-order chi connectivity index (χ0) is 21.0. The van der Waals surface area contributed by atoms with Crippen molar-refractivity contribution in [3.05, 3.63) is 40.8 Å². The Morgan fingerprint density at radius 1 is 1.31 bits per heavy atom. The van der Waals surface area contributed by atoms with Crippen molar-refractivity contribution in [3.63, 3.8) is 0 Å². The molecule has 1 amide bonds. The van der Waals surface area contributed by atoms with Crippen LogP contribution in [0.15, 0.2) is 27.6 Å². The molecule has 1 saturated heterocycles. The highest BCUT2D eigenvalue weighted by molar-refractivity contribution is 7.89. The SMILES string of the molecule is CC(=O)Nc1c(C)noc1/C=C\c1ccc(C)c(S(=O)(=O)NCC2CCCO2)c1. The second-order valence-electron chi connectivity index (χ2n) is 7.03. The van der Waals surface area contributed by atoms with Crippen LogP contribution in [0.3, 0.4) is 0 Å². The van der Waals surface area contributed by atoms with E-state index in [9.17, 15) is 13.2 Å². The molecule has 29 heavy (non-hydrogen) atoms. The first kappa shape index (κ1) is 21.2. The van der Waals surface area contributed by atoms with Crippen molar-refractivity contribution in [1.29, 1.82) is 0 Å². The third-order valence-corrected chi connectivity index (χ3v) is 6.21. The van der Waals surface area contributed by atoms with E-state index in [-0.39, 0.29) is 23.5 Å². The zero-order valence-corrected chi connectivity index (χ0v) is 17.5. The fourth-order valence-corrected chi connectivity index (χ4v) is 4.44. The number of anilines is 1. The van der Waals surface area contributed by atoms with E-state index in [0.717, 1.165) is 12.8 Å². The first-order valence-corrected chi connectivity index (χ1v) is 10.9. The number of hydrogen-bond acceptors (Lipinski definition) is 6.